The van der Waals surface area contributed by atoms with Gasteiger partial charge in [-0.05, 0) is 19.1 Å². The lowest BCUT2D eigenvalue weighted by atomic mass is 10.1. The first-order valence-corrected chi connectivity index (χ1v) is 8.19. The molecule has 9 nitrogen and oxygen atoms in total. The first-order valence-electron chi connectivity index (χ1n) is 8.19. The Balaban J connectivity index is 1.47. The van der Waals surface area contributed by atoms with E-state index in [0.717, 1.165) is 42.0 Å². The zero-order valence-corrected chi connectivity index (χ0v) is 14.8. The summed E-state index contributed by atoms with van der Waals surface area (Å²) < 4.78 is 1.78. The molecule has 1 aliphatic rings. The first kappa shape index (κ1) is 15.6. The van der Waals surface area contributed by atoms with Crippen LogP contribution in [0.15, 0.2) is 24.5 Å². The average molecular weight is 339 g/mol. The molecule has 1 fully saturated rings. The predicted octanol–water partition coefficient (Wildman–Crippen LogP) is 0.614. The van der Waals surface area contributed by atoms with E-state index >= 15 is 0 Å². The summed E-state index contributed by atoms with van der Waals surface area (Å²) >= 11 is 0. The van der Waals surface area contributed by atoms with Crippen molar-refractivity contribution in [3.05, 3.63) is 30.4 Å². The molecule has 3 aromatic heterocycles. The van der Waals surface area contributed by atoms with Crippen molar-refractivity contribution >= 4 is 23.1 Å². The molecule has 0 unspecified atom stereocenters. The lowest BCUT2D eigenvalue weighted by molar-refractivity contribution is 0.486. The van der Waals surface area contributed by atoms with Crippen LogP contribution >= 0.6 is 0 Å². The van der Waals surface area contributed by atoms with E-state index in [1.165, 1.54) is 0 Å². The van der Waals surface area contributed by atoms with Crippen molar-refractivity contribution in [2.24, 2.45) is 0 Å². The van der Waals surface area contributed by atoms with Crippen molar-refractivity contribution in [1.29, 1.82) is 0 Å². The topological polar surface area (TPSA) is 78.6 Å². The van der Waals surface area contributed by atoms with E-state index in [4.69, 9.17) is 0 Å². The number of anilines is 3. The van der Waals surface area contributed by atoms with E-state index in [-0.39, 0.29) is 0 Å². The zero-order valence-electron chi connectivity index (χ0n) is 14.8. The third kappa shape index (κ3) is 2.71. The van der Waals surface area contributed by atoms with Gasteiger partial charge < -0.3 is 14.7 Å². The van der Waals surface area contributed by atoms with Crippen LogP contribution in [0.1, 0.15) is 5.82 Å². The van der Waals surface area contributed by atoms with Crippen molar-refractivity contribution in [1.82, 2.24) is 29.8 Å². The maximum Gasteiger partial charge on any atom is 0.178 e. The highest BCUT2D eigenvalue weighted by Gasteiger charge is 2.32. The highest BCUT2D eigenvalue weighted by Crippen LogP contribution is 2.25. The van der Waals surface area contributed by atoms with Crippen LogP contribution in [-0.2, 0) is 0 Å². The quantitative estimate of drug-likeness (QED) is 0.684. The number of rotatable bonds is 4. The third-order valence-corrected chi connectivity index (χ3v) is 4.60. The summed E-state index contributed by atoms with van der Waals surface area (Å²) in [7, 11) is 6.03. The lowest BCUT2D eigenvalue weighted by Crippen LogP contribution is -2.59. The number of aryl methyl sites for hydroxylation is 1. The molecule has 0 bridgehead atoms. The molecule has 0 radical (unpaired) electrons. The number of hydrogen-bond acceptors (Lipinski definition) is 8. The van der Waals surface area contributed by atoms with Gasteiger partial charge in [-0.3, -0.25) is 0 Å². The molecule has 1 aliphatic heterocycles. The molecule has 4 rings (SSSR count). The molecule has 4 heterocycles. The number of hydrogen-bond donors (Lipinski definition) is 0. The van der Waals surface area contributed by atoms with E-state index in [9.17, 15) is 0 Å². The molecule has 0 spiro atoms. The number of fused-ring (bicyclic) bond motifs is 1. The normalized spacial score (nSPS) is 14.6. The molecule has 0 saturated carbocycles. The first-order chi connectivity index (χ1) is 12.0. The molecule has 3 aromatic rings. The second-order valence-corrected chi connectivity index (χ2v) is 6.51. The summed E-state index contributed by atoms with van der Waals surface area (Å²) in [6.45, 7) is 3.70. The summed E-state index contributed by atoms with van der Waals surface area (Å²) in [6.07, 6.45) is 1.61. The molecule has 0 atom stereocenters. The Morgan fingerprint density at radius 2 is 1.80 bits per heavy atom. The van der Waals surface area contributed by atoms with Crippen molar-refractivity contribution in [3.63, 3.8) is 0 Å². The third-order valence-electron chi connectivity index (χ3n) is 4.60. The maximum absolute atomic E-state index is 4.63. The second kappa shape index (κ2) is 5.83. The Hall–Kier alpha value is -2.97. The Bertz CT molecular complexity index is 898. The van der Waals surface area contributed by atoms with Gasteiger partial charge in [0.15, 0.2) is 11.5 Å². The van der Waals surface area contributed by atoms with Crippen molar-refractivity contribution < 1.29 is 0 Å². The van der Waals surface area contributed by atoms with Gasteiger partial charge in [0.2, 0.25) is 0 Å². The fourth-order valence-corrected chi connectivity index (χ4v) is 2.90. The van der Waals surface area contributed by atoms with E-state index < -0.39 is 0 Å². The highest BCUT2D eigenvalue weighted by atomic mass is 15.4. The summed E-state index contributed by atoms with van der Waals surface area (Å²) in [5.41, 5.74) is 0.771. The Kier molecular flexibility index (Phi) is 3.63. The molecule has 0 aromatic carbocycles. The van der Waals surface area contributed by atoms with Gasteiger partial charge in [-0.15, -0.1) is 15.3 Å². The Morgan fingerprint density at radius 1 is 1.04 bits per heavy atom. The largest absolute Gasteiger partial charge is 0.363 e. The Labute approximate surface area is 145 Å². The smallest absolute Gasteiger partial charge is 0.178 e. The number of nitrogens with zero attached hydrogens (tertiary/aromatic N) is 9. The lowest BCUT2D eigenvalue weighted by Gasteiger charge is -2.45. The maximum atomic E-state index is 4.63. The van der Waals surface area contributed by atoms with Gasteiger partial charge >= 0.3 is 0 Å². The van der Waals surface area contributed by atoms with Gasteiger partial charge in [-0.25, -0.2) is 9.97 Å². The standard InChI is InChI=1S/C16H21N9/c1-11-19-20-13-5-6-14(21-25(11)13)24-8-12(9-24)23(4)16-7-15(22(2)3)17-10-18-16/h5-7,10,12H,8-9H2,1-4H3. The summed E-state index contributed by atoms with van der Waals surface area (Å²) in [5, 5.41) is 12.8. The van der Waals surface area contributed by atoms with Gasteiger partial charge in [0.05, 0.1) is 6.04 Å². The van der Waals surface area contributed by atoms with Crippen molar-refractivity contribution in [2.45, 2.75) is 13.0 Å². The fourth-order valence-electron chi connectivity index (χ4n) is 2.90. The predicted molar refractivity (Wildman–Crippen MR) is 96.3 cm³/mol. The SMILES string of the molecule is Cc1nnc2ccc(N3CC(N(C)c4cc(N(C)C)ncn4)C3)nn12. The molecule has 0 N–H and O–H groups in total. The van der Waals surface area contributed by atoms with Gasteiger partial charge in [0, 0.05) is 40.3 Å². The summed E-state index contributed by atoms with van der Waals surface area (Å²) in [5.74, 6) is 3.57. The zero-order chi connectivity index (χ0) is 17.6. The van der Waals surface area contributed by atoms with Crippen LogP contribution in [0.2, 0.25) is 0 Å². The second-order valence-electron chi connectivity index (χ2n) is 6.51. The van der Waals surface area contributed by atoms with Crippen molar-refractivity contribution in [2.75, 3.05) is 48.9 Å². The average Bonchev–Trinajstić information content (AvgIpc) is 2.94. The van der Waals surface area contributed by atoms with E-state index in [1.807, 2.05) is 44.1 Å². The summed E-state index contributed by atoms with van der Waals surface area (Å²) in [6, 6.07) is 6.35. The van der Waals surface area contributed by atoms with Crippen LogP contribution < -0.4 is 14.7 Å². The van der Waals surface area contributed by atoms with Crippen LogP contribution in [0.3, 0.4) is 0 Å². The van der Waals surface area contributed by atoms with Crippen LogP contribution in [-0.4, -0.2) is 70.1 Å². The number of likely N-dealkylation sites (N-methyl/N-ethyl adjacent to an activating group) is 1. The molecule has 130 valence electrons. The van der Waals surface area contributed by atoms with Crippen LogP contribution in [0.4, 0.5) is 17.5 Å². The van der Waals surface area contributed by atoms with Crippen LogP contribution in [0.25, 0.3) is 5.65 Å². The van der Waals surface area contributed by atoms with Gasteiger partial charge in [0.25, 0.3) is 0 Å². The van der Waals surface area contributed by atoms with Crippen LogP contribution in [0.5, 0.6) is 0 Å². The van der Waals surface area contributed by atoms with E-state index in [2.05, 4.69) is 42.1 Å². The highest BCUT2D eigenvalue weighted by molar-refractivity contribution is 5.53. The van der Waals surface area contributed by atoms with Crippen LogP contribution in [0, 0.1) is 6.92 Å². The monoisotopic (exact) mass is 339 g/mol. The van der Waals surface area contributed by atoms with Crippen molar-refractivity contribution in [3.8, 4) is 0 Å². The molecular weight excluding hydrogens is 318 g/mol. The summed E-state index contributed by atoms with van der Waals surface area (Å²) in [4.78, 5) is 15.1. The fraction of sp³-hybridized carbons (Fsp3) is 0.438. The molecule has 9 heteroatoms. The molecule has 1 saturated heterocycles. The molecular formula is C16H21N9. The minimum Gasteiger partial charge on any atom is -0.363 e. The van der Waals surface area contributed by atoms with E-state index in [1.54, 1.807) is 10.8 Å². The number of aromatic nitrogens is 6. The molecule has 0 amide bonds. The van der Waals surface area contributed by atoms with Gasteiger partial charge in [0.1, 0.15) is 23.8 Å². The Morgan fingerprint density at radius 3 is 2.56 bits per heavy atom. The van der Waals surface area contributed by atoms with Gasteiger partial charge in [-0.2, -0.15) is 4.52 Å². The molecule has 25 heavy (non-hydrogen) atoms. The van der Waals surface area contributed by atoms with E-state index in [0.29, 0.717) is 6.04 Å². The molecule has 0 aliphatic carbocycles. The minimum atomic E-state index is 0.393. The minimum absolute atomic E-state index is 0.393. The van der Waals surface area contributed by atoms with Gasteiger partial charge in [-0.1, -0.05) is 0 Å².